The first kappa shape index (κ1) is 18.9. The zero-order chi connectivity index (χ0) is 18.7. The van der Waals surface area contributed by atoms with Crippen LogP contribution in [0.25, 0.3) is 0 Å². The van der Waals surface area contributed by atoms with Gasteiger partial charge >= 0.3 is 5.97 Å². The third kappa shape index (κ3) is 3.79. The Hall–Kier alpha value is -1.85. The van der Waals surface area contributed by atoms with Crippen LogP contribution in [0, 0.1) is 0 Å². The summed E-state index contributed by atoms with van der Waals surface area (Å²) < 4.78 is 6.51. The molecule has 7 heteroatoms. The monoisotopic (exact) mass is 394 g/mol. The van der Waals surface area contributed by atoms with Crippen LogP contribution in [0.2, 0.25) is 10.3 Å². The zero-order valence-corrected chi connectivity index (χ0v) is 16.0. The first-order valence-electron chi connectivity index (χ1n) is 8.71. The molecule has 5 nitrogen and oxygen atoms in total. The van der Waals surface area contributed by atoms with Crippen molar-refractivity contribution in [2.24, 2.45) is 0 Å². The molecule has 0 bridgehead atoms. The third-order valence-corrected chi connectivity index (χ3v) is 5.21. The second-order valence-corrected chi connectivity index (χ2v) is 7.05. The lowest BCUT2D eigenvalue weighted by Crippen LogP contribution is -2.30. The number of ether oxygens (including phenoxy) is 1. The highest BCUT2D eigenvalue weighted by atomic mass is 35.5. The van der Waals surface area contributed by atoms with Gasteiger partial charge in [-0.3, -0.25) is 9.36 Å². The molecule has 26 heavy (non-hydrogen) atoms. The number of rotatable bonds is 6. The Morgan fingerprint density at radius 3 is 2.69 bits per heavy atom. The van der Waals surface area contributed by atoms with Crippen LogP contribution in [0.3, 0.4) is 0 Å². The third-order valence-electron chi connectivity index (χ3n) is 4.69. The molecular formula is C19H20Cl2N2O3. The van der Waals surface area contributed by atoms with Gasteiger partial charge in [0, 0.05) is 5.92 Å². The minimum Gasteiger partial charge on any atom is -0.464 e. The molecule has 0 saturated carbocycles. The van der Waals surface area contributed by atoms with Crippen molar-refractivity contribution in [1.82, 2.24) is 9.55 Å². The molecule has 0 saturated heterocycles. The number of hydrogen-bond acceptors (Lipinski definition) is 4. The number of fused-ring (bicyclic) bond motifs is 1. The van der Waals surface area contributed by atoms with Gasteiger partial charge in [0.1, 0.15) is 6.04 Å². The Labute approximate surface area is 161 Å². The van der Waals surface area contributed by atoms with E-state index in [2.05, 4.69) is 17.1 Å². The van der Waals surface area contributed by atoms with Gasteiger partial charge in [-0.1, -0.05) is 53.5 Å². The number of aromatic nitrogens is 2. The van der Waals surface area contributed by atoms with Gasteiger partial charge in [0.25, 0.3) is 5.56 Å². The van der Waals surface area contributed by atoms with E-state index in [0.717, 1.165) is 19.3 Å². The highest BCUT2D eigenvalue weighted by Gasteiger charge is 2.39. The number of carbonyl (C=O) groups is 1. The SMILES string of the molecule is CCOC(=O)[C@@H]1C[C@@H](CCCc2ccccc2)c2c(Cl)nc(Cl)c(=O)n21. The molecule has 1 aliphatic rings. The minimum absolute atomic E-state index is 0.0296. The lowest BCUT2D eigenvalue weighted by Gasteiger charge is -2.13. The van der Waals surface area contributed by atoms with Crippen molar-refractivity contribution < 1.29 is 9.53 Å². The van der Waals surface area contributed by atoms with E-state index in [0.29, 0.717) is 12.1 Å². The topological polar surface area (TPSA) is 61.2 Å². The van der Waals surface area contributed by atoms with Crippen LogP contribution < -0.4 is 5.56 Å². The standard InChI is InChI=1S/C19H20Cl2N2O3/c1-2-26-19(25)14-11-13(10-6-9-12-7-4-3-5-8-12)15-16(20)22-17(21)18(24)23(14)15/h3-5,7-8,13-14H,2,6,9-11H2,1H3/t13-,14+/m1/s1. The van der Waals surface area contributed by atoms with E-state index < -0.39 is 17.6 Å². The lowest BCUT2D eigenvalue weighted by molar-refractivity contribution is -0.147. The number of aryl methyl sites for hydroxylation is 1. The fraction of sp³-hybridized carbons (Fsp3) is 0.421. The molecule has 0 N–H and O–H groups in total. The Kier molecular flexibility index (Phi) is 5.99. The maximum atomic E-state index is 12.5. The van der Waals surface area contributed by atoms with Gasteiger partial charge in [-0.15, -0.1) is 0 Å². The molecule has 1 aromatic heterocycles. The summed E-state index contributed by atoms with van der Waals surface area (Å²) in [7, 11) is 0. The van der Waals surface area contributed by atoms with Gasteiger partial charge in [0.15, 0.2) is 10.3 Å². The van der Waals surface area contributed by atoms with Gasteiger partial charge in [0.05, 0.1) is 12.3 Å². The minimum atomic E-state index is -0.697. The molecule has 0 amide bonds. The van der Waals surface area contributed by atoms with E-state index in [4.69, 9.17) is 27.9 Å². The average Bonchev–Trinajstić information content (AvgIpc) is 3.01. The lowest BCUT2D eigenvalue weighted by atomic mass is 9.94. The first-order valence-corrected chi connectivity index (χ1v) is 9.46. The van der Waals surface area contributed by atoms with E-state index in [1.54, 1.807) is 6.92 Å². The molecule has 138 valence electrons. The summed E-state index contributed by atoms with van der Waals surface area (Å²) in [6, 6.07) is 9.49. The number of hydrogen-bond donors (Lipinski definition) is 0. The van der Waals surface area contributed by atoms with Crippen molar-refractivity contribution in [3.8, 4) is 0 Å². The molecule has 2 heterocycles. The van der Waals surface area contributed by atoms with Gasteiger partial charge in [-0.25, -0.2) is 9.78 Å². The Bertz CT molecular complexity index is 852. The summed E-state index contributed by atoms with van der Waals surface area (Å²) >= 11 is 12.2. The zero-order valence-electron chi connectivity index (χ0n) is 14.5. The van der Waals surface area contributed by atoms with Crippen molar-refractivity contribution in [3.63, 3.8) is 0 Å². The van der Waals surface area contributed by atoms with Crippen molar-refractivity contribution >= 4 is 29.2 Å². The van der Waals surface area contributed by atoms with E-state index in [1.807, 2.05) is 18.2 Å². The first-order chi connectivity index (χ1) is 12.5. The van der Waals surface area contributed by atoms with E-state index in [9.17, 15) is 9.59 Å². The maximum absolute atomic E-state index is 12.5. The fourth-order valence-corrected chi connectivity index (χ4v) is 4.10. The molecule has 2 aromatic rings. The number of nitrogens with zero attached hydrogens (tertiary/aromatic N) is 2. The summed E-state index contributed by atoms with van der Waals surface area (Å²) in [6.45, 7) is 1.99. The normalized spacial score (nSPS) is 18.6. The summed E-state index contributed by atoms with van der Waals surface area (Å²) in [6.07, 6.45) is 3.11. The highest BCUT2D eigenvalue weighted by molar-refractivity contribution is 6.32. The largest absolute Gasteiger partial charge is 0.464 e. The molecule has 0 fully saturated rings. The molecule has 0 unspecified atom stereocenters. The van der Waals surface area contributed by atoms with Crippen LogP contribution in [0.15, 0.2) is 35.1 Å². The van der Waals surface area contributed by atoms with Crippen LogP contribution in [-0.2, 0) is 16.0 Å². The van der Waals surface area contributed by atoms with Crippen molar-refractivity contribution in [3.05, 3.63) is 62.2 Å². The van der Waals surface area contributed by atoms with E-state index in [1.165, 1.54) is 10.1 Å². The average molecular weight is 395 g/mol. The van der Waals surface area contributed by atoms with Crippen LogP contribution in [0.4, 0.5) is 0 Å². The number of benzene rings is 1. The van der Waals surface area contributed by atoms with Crippen LogP contribution in [0.1, 0.15) is 49.4 Å². The van der Waals surface area contributed by atoms with E-state index >= 15 is 0 Å². The van der Waals surface area contributed by atoms with Gasteiger partial charge in [0.2, 0.25) is 0 Å². The van der Waals surface area contributed by atoms with Gasteiger partial charge < -0.3 is 4.74 Å². The Morgan fingerprint density at radius 2 is 2.00 bits per heavy atom. The Morgan fingerprint density at radius 1 is 1.27 bits per heavy atom. The predicted molar refractivity (Wildman–Crippen MR) is 101 cm³/mol. The summed E-state index contributed by atoms with van der Waals surface area (Å²) in [4.78, 5) is 28.8. The number of carbonyl (C=O) groups excluding carboxylic acids is 1. The molecule has 0 radical (unpaired) electrons. The Balaban J connectivity index is 1.84. The molecule has 0 spiro atoms. The molecule has 0 aliphatic carbocycles. The second-order valence-electron chi connectivity index (χ2n) is 6.33. The number of halogens is 2. The maximum Gasteiger partial charge on any atom is 0.329 e. The van der Waals surface area contributed by atoms with Crippen molar-refractivity contribution in [1.29, 1.82) is 0 Å². The summed E-state index contributed by atoms with van der Waals surface area (Å²) in [5, 5.41) is -0.0379. The summed E-state index contributed by atoms with van der Waals surface area (Å²) in [5.41, 5.74) is 1.35. The number of esters is 1. The van der Waals surface area contributed by atoms with Gasteiger partial charge in [-0.2, -0.15) is 0 Å². The molecular weight excluding hydrogens is 375 g/mol. The van der Waals surface area contributed by atoms with Crippen molar-refractivity contribution in [2.45, 2.75) is 44.6 Å². The fourth-order valence-electron chi connectivity index (χ4n) is 3.55. The van der Waals surface area contributed by atoms with Crippen molar-refractivity contribution in [2.75, 3.05) is 6.61 Å². The van der Waals surface area contributed by atoms with E-state index in [-0.39, 0.29) is 22.8 Å². The molecule has 1 aliphatic heterocycles. The van der Waals surface area contributed by atoms with Crippen LogP contribution >= 0.6 is 23.2 Å². The highest BCUT2D eigenvalue weighted by Crippen LogP contribution is 2.41. The smallest absolute Gasteiger partial charge is 0.329 e. The molecule has 3 rings (SSSR count). The summed E-state index contributed by atoms with van der Waals surface area (Å²) in [5.74, 6) is -0.460. The molecule has 1 aromatic carbocycles. The van der Waals surface area contributed by atoms with Gasteiger partial charge in [-0.05, 0) is 38.2 Å². The second kappa shape index (κ2) is 8.23. The predicted octanol–water partition coefficient (Wildman–Crippen LogP) is 4.16. The van der Waals surface area contributed by atoms with Crippen LogP contribution in [0.5, 0.6) is 0 Å². The quantitative estimate of drug-likeness (QED) is 0.689. The van der Waals surface area contributed by atoms with Crippen LogP contribution in [-0.4, -0.2) is 22.1 Å². The molecule has 2 atom stereocenters.